The molecule has 0 atom stereocenters. The van der Waals surface area contributed by atoms with Crippen LogP contribution in [0, 0.1) is 6.92 Å². The summed E-state index contributed by atoms with van der Waals surface area (Å²) in [4.78, 5) is 0. The van der Waals surface area contributed by atoms with Gasteiger partial charge in [0.1, 0.15) is 0 Å². The van der Waals surface area contributed by atoms with Crippen molar-refractivity contribution >= 4 is 27.7 Å². The quantitative estimate of drug-likeness (QED) is 0.320. The van der Waals surface area contributed by atoms with Crippen LogP contribution in [-0.2, 0) is 12.3 Å². The first-order valence-corrected chi connectivity index (χ1v) is 11.1. The minimum Gasteiger partial charge on any atom is -0.420 e. The van der Waals surface area contributed by atoms with E-state index in [2.05, 4.69) is 72.9 Å². The van der Waals surface area contributed by atoms with Crippen LogP contribution in [0.3, 0.4) is 0 Å². The maximum Gasteiger partial charge on any atom is 0.248 e. The van der Waals surface area contributed by atoms with Crippen molar-refractivity contribution in [1.29, 1.82) is 0 Å². The lowest BCUT2D eigenvalue weighted by Crippen LogP contribution is -2.02. The van der Waals surface area contributed by atoms with Gasteiger partial charge < -0.3 is 8.98 Å². The average Bonchev–Trinajstić information content (AvgIpc) is 3.34. The second-order valence-corrected chi connectivity index (χ2v) is 8.39. The summed E-state index contributed by atoms with van der Waals surface area (Å²) in [5.74, 6) is 2.48. The number of aromatic nitrogens is 5. The second-order valence-electron chi connectivity index (χ2n) is 6.60. The molecule has 0 spiro atoms. The summed E-state index contributed by atoms with van der Waals surface area (Å²) in [6.45, 7) is 5.08. The Balaban J connectivity index is 1.54. The first-order chi connectivity index (χ1) is 14.2. The molecule has 0 N–H and O–H groups in total. The highest BCUT2D eigenvalue weighted by Crippen LogP contribution is 2.30. The van der Waals surface area contributed by atoms with Gasteiger partial charge in [0.05, 0.1) is 11.3 Å². The third-order valence-corrected chi connectivity index (χ3v) is 5.98. The summed E-state index contributed by atoms with van der Waals surface area (Å²) < 4.78 is 8.93. The molecule has 0 saturated carbocycles. The van der Waals surface area contributed by atoms with Crippen LogP contribution in [0.1, 0.15) is 24.8 Å². The number of hydrogen-bond acceptors (Lipinski definition) is 6. The summed E-state index contributed by atoms with van der Waals surface area (Å²) in [5, 5.41) is 18.1. The Labute approximate surface area is 181 Å². The van der Waals surface area contributed by atoms with Gasteiger partial charge >= 0.3 is 0 Å². The SMILES string of the molecule is CCCn1c(SCc2nnc(-c3ccccc3Br)o2)nnc1-c1cccc(C)c1. The highest BCUT2D eigenvalue weighted by Gasteiger charge is 2.16. The summed E-state index contributed by atoms with van der Waals surface area (Å²) >= 11 is 5.07. The predicted octanol–water partition coefficient (Wildman–Crippen LogP) is 5.77. The number of thioether (sulfide) groups is 1. The molecule has 0 saturated heterocycles. The van der Waals surface area contributed by atoms with E-state index in [1.807, 2.05) is 30.3 Å². The number of benzene rings is 2. The fourth-order valence-electron chi connectivity index (χ4n) is 3.00. The van der Waals surface area contributed by atoms with Crippen LogP contribution in [0.15, 0.2) is 62.6 Å². The fourth-order valence-corrected chi connectivity index (χ4v) is 4.26. The molecule has 4 aromatic rings. The Kier molecular flexibility index (Phi) is 6.10. The molecule has 2 aromatic carbocycles. The van der Waals surface area contributed by atoms with E-state index in [9.17, 15) is 0 Å². The molecule has 0 unspecified atom stereocenters. The molecule has 2 heterocycles. The fraction of sp³-hybridized carbons (Fsp3) is 0.238. The number of halogens is 1. The standard InChI is InChI=1S/C21H20BrN5OS/c1-3-11-27-19(15-8-6-7-14(2)12-15)24-26-21(27)29-13-18-23-25-20(28-18)16-9-4-5-10-17(16)22/h4-10,12H,3,11,13H2,1-2H3. The number of hydrogen-bond donors (Lipinski definition) is 0. The van der Waals surface area contributed by atoms with Gasteiger partial charge in [0.25, 0.3) is 0 Å². The number of rotatable bonds is 7. The molecule has 148 valence electrons. The number of nitrogens with zero attached hydrogens (tertiary/aromatic N) is 5. The van der Waals surface area contributed by atoms with Crippen molar-refractivity contribution in [2.75, 3.05) is 0 Å². The van der Waals surface area contributed by atoms with Crippen molar-refractivity contribution in [2.45, 2.75) is 37.7 Å². The Morgan fingerprint density at radius 1 is 1.03 bits per heavy atom. The molecule has 0 aliphatic rings. The van der Waals surface area contributed by atoms with Crippen molar-refractivity contribution < 1.29 is 4.42 Å². The van der Waals surface area contributed by atoms with E-state index < -0.39 is 0 Å². The van der Waals surface area contributed by atoms with Crippen LogP contribution in [0.5, 0.6) is 0 Å². The van der Waals surface area contributed by atoms with Crippen LogP contribution in [0.25, 0.3) is 22.8 Å². The van der Waals surface area contributed by atoms with E-state index >= 15 is 0 Å². The topological polar surface area (TPSA) is 69.6 Å². The molecule has 0 fully saturated rings. The minimum atomic E-state index is 0.503. The minimum absolute atomic E-state index is 0.503. The van der Waals surface area contributed by atoms with Crippen LogP contribution >= 0.6 is 27.7 Å². The van der Waals surface area contributed by atoms with Crippen LogP contribution < -0.4 is 0 Å². The molecule has 0 radical (unpaired) electrons. The summed E-state index contributed by atoms with van der Waals surface area (Å²) in [7, 11) is 0. The van der Waals surface area contributed by atoms with Crippen molar-refractivity contribution in [1.82, 2.24) is 25.0 Å². The normalized spacial score (nSPS) is 11.1. The Morgan fingerprint density at radius 2 is 1.90 bits per heavy atom. The summed E-state index contributed by atoms with van der Waals surface area (Å²) in [6.07, 6.45) is 0.997. The molecule has 0 aliphatic carbocycles. The van der Waals surface area contributed by atoms with E-state index in [1.54, 1.807) is 11.8 Å². The van der Waals surface area contributed by atoms with Crippen LogP contribution in [0.2, 0.25) is 0 Å². The smallest absolute Gasteiger partial charge is 0.248 e. The van der Waals surface area contributed by atoms with E-state index in [4.69, 9.17) is 4.42 Å². The largest absolute Gasteiger partial charge is 0.420 e. The van der Waals surface area contributed by atoms with E-state index in [-0.39, 0.29) is 0 Å². The monoisotopic (exact) mass is 469 g/mol. The Bertz CT molecular complexity index is 1120. The molecule has 29 heavy (non-hydrogen) atoms. The van der Waals surface area contributed by atoms with Gasteiger partial charge in [-0.15, -0.1) is 20.4 Å². The van der Waals surface area contributed by atoms with Crippen LogP contribution in [-0.4, -0.2) is 25.0 Å². The zero-order valence-electron chi connectivity index (χ0n) is 16.2. The molecule has 4 rings (SSSR count). The highest BCUT2D eigenvalue weighted by atomic mass is 79.9. The zero-order chi connectivity index (χ0) is 20.2. The van der Waals surface area contributed by atoms with Crippen LogP contribution in [0.4, 0.5) is 0 Å². The van der Waals surface area contributed by atoms with Crippen molar-refractivity contribution in [2.24, 2.45) is 0 Å². The summed E-state index contributed by atoms with van der Waals surface area (Å²) in [6, 6.07) is 16.1. The van der Waals surface area contributed by atoms with Gasteiger partial charge in [0.15, 0.2) is 11.0 Å². The maximum absolute atomic E-state index is 5.85. The first-order valence-electron chi connectivity index (χ1n) is 9.36. The Morgan fingerprint density at radius 3 is 2.69 bits per heavy atom. The molecular weight excluding hydrogens is 450 g/mol. The average molecular weight is 470 g/mol. The highest BCUT2D eigenvalue weighted by molar-refractivity contribution is 9.10. The van der Waals surface area contributed by atoms with Gasteiger partial charge in [0.2, 0.25) is 11.8 Å². The first kappa shape index (κ1) is 19.8. The zero-order valence-corrected chi connectivity index (χ0v) is 18.6. The summed E-state index contributed by atoms with van der Waals surface area (Å²) in [5.41, 5.74) is 3.16. The second kappa shape index (κ2) is 8.92. The third kappa shape index (κ3) is 4.43. The van der Waals surface area contributed by atoms with Gasteiger partial charge in [0, 0.05) is 16.6 Å². The lowest BCUT2D eigenvalue weighted by Gasteiger charge is -2.08. The molecule has 0 aliphatic heterocycles. The van der Waals surface area contributed by atoms with Crippen molar-refractivity contribution in [3.8, 4) is 22.8 Å². The third-order valence-electron chi connectivity index (χ3n) is 4.34. The van der Waals surface area contributed by atoms with E-state index in [1.165, 1.54) is 5.56 Å². The van der Waals surface area contributed by atoms with Gasteiger partial charge in [-0.25, -0.2) is 0 Å². The molecule has 0 bridgehead atoms. The molecule has 8 heteroatoms. The van der Waals surface area contributed by atoms with Gasteiger partial charge in [-0.05, 0) is 47.5 Å². The van der Waals surface area contributed by atoms with E-state index in [0.29, 0.717) is 17.5 Å². The molecule has 0 amide bonds. The maximum atomic E-state index is 5.85. The lowest BCUT2D eigenvalue weighted by molar-refractivity contribution is 0.527. The molecule has 2 aromatic heterocycles. The number of aryl methyl sites for hydroxylation is 1. The lowest BCUT2D eigenvalue weighted by atomic mass is 10.1. The van der Waals surface area contributed by atoms with Crippen molar-refractivity contribution in [3.63, 3.8) is 0 Å². The Hall–Kier alpha value is -2.45. The van der Waals surface area contributed by atoms with Gasteiger partial charge in [-0.3, -0.25) is 0 Å². The molecule has 6 nitrogen and oxygen atoms in total. The molecular formula is C21H20BrN5OS. The van der Waals surface area contributed by atoms with Gasteiger partial charge in [-0.2, -0.15) is 0 Å². The van der Waals surface area contributed by atoms with Gasteiger partial charge in [-0.1, -0.05) is 54.6 Å². The predicted molar refractivity (Wildman–Crippen MR) is 117 cm³/mol. The van der Waals surface area contributed by atoms with E-state index in [0.717, 1.165) is 39.5 Å². The van der Waals surface area contributed by atoms with Crippen molar-refractivity contribution in [3.05, 3.63) is 64.5 Å².